The van der Waals surface area contributed by atoms with Gasteiger partial charge in [-0.2, -0.15) is 18.4 Å². The minimum Gasteiger partial charge on any atom is -0.355 e. The molecule has 142 valence electrons. The second-order valence-electron chi connectivity index (χ2n) is 6.71. The van der Waals surface area contributed by atoms with Crippen LogP contribution in [-0.2, 0) is 12.7 Å². The molecule has 0 amide bonds. The van der Waals surface area contributed by atoms with Crippen LogP contribution in [0.4, 0.5) is 19.0 Å². The van der Waals surface area contributed by atoms with Gasteiger partial charge in [-0.25, -0.2) is 9.97 Å². The Labute approximate surface area is 156 Å². The number of nitrogens with zero attached hydrogens (tertiary/aromatic N) is 5. The minimum atomic E-state index is -4.48. The van der Waals surface area contributed by atoms with Gasteiger partial charge < -0.3 is 4.90 Å². The lowest BCUT2D eigenvalue weighted by atomic mass is 10.0. The van der Waals surface area contributed by atoms with Gasteiger partial charge in [-0.3, -0.25) is 4.90 Å². The SMILES string of the molecule is CN(c1cc(C(F)(F)F)ncn1)C1CCCN(Cc2ccc(C#N)cc2)C1. The number of anilines is 1. The molecule has 1 saturated heterocycles. The quantitative estimate of drug-likeness (QED) is 0.819. The molecule has 0 radical (unpaired) electrons. The second-order valence-corrected chi connectivity index (χ2v) is 6.71. The molecule has 1 aromatic heterocycles. The summed E-state index contributed by atoms with van der Waals surface area (Å²) in [5.41, 5.74) is 0.808. The van der Waals surface area contributed by atoms with Crippen LogP contribution in [0.25, 0.3) is 0 Å². The normalized spacial score (nSPS) is 18.1. The minimum absolute atomic E-state index is 0.0770. The van der Waals surface area contributed by atoms with Crippen LogP contribution in [0.2, 0.25) is 0 Å². The van der Waals surface area contributed by atoms with Gasteiger partial charge in [-0.1, -0.05) is 12.1 Å². The van der Waals surface area contributed by atoms with Crippen molar-refractivity contribution in [1.82, 2.24) is 14.9 Å². The molecule has 3 rings (SSSR count). The molecule has 0 spiro atoms. The molecule has 1 atom stereocenters. The predicted octanol–water partition coefficient (Wildman–Crippen LogP) is 3.47. The lowest BCUT2D eigenvalue weighted by molar-refractivity contribution is -0.141. The number of piperidine rings is 1. The molecule has 1 aromatic carbocycles. The van der Waals surface area contributed by atoms with Crippen LogP contribution in [0.5, 0.6) is 0 Å². The summed E-state index contributed by atoms with van der Waals surface area (Å²) in [6.07, 6.45) is -1.66. The summed E-state index contributed by atoms with van der Waals surface area (Å²) in [5, 5.41) is 8.88. The molecule has 1 aliphatic rings. The first-order valence-corrected chi connectivity index (χ1v) is 8.70. The van der Waals surface area contributed by atoms with Crippen molar-refractivity contribution < 1.29 is 13.2 Å². The van der Waals surface area contributed by atoms with Crippen molar-refractivity contribution in [3.63, 3.8) is 0 Å². The number of aromatic nitrogens is 2. The first-order valence-electron chi connectivity index (χ1n) is 8.70. The Balaban J connectivity index is 1.67. The lowest BCUT2D eigenvalue weighted by Crippen LogP contribution is -2.46. The molecule has 27 heavy (non-hydrogen) atoms. The number of benzene rings is 1. The first-order chi connectivity index (χ1) is 12.9. The smallest absolute Gasteiger partial charge is 0.355 e. The van der Waals surface area contributed by atoms with Gasteiger partial charge in [0.25, 0.3) is 0 Å². The maximum Gasteiger partial charge on any atom is 0.433 e. The zero-order valence-electron chi connectivity index (χ0n) is 14.9. The average Bonchev–Trinajstić information content (AvgIpc) is 2.68. The number of alkyl halides is 3. The summed E-state index contributed by atoms with van der Waals surface area (Å²) >= 11 is 0. The Kier molecular flexibility index (Phi) is 5.61. The molecule has 2 aromatic rings. The fraction of sp³-hybridized carbons (Fsp3) is 0.421. The predicted molar refractivity (Wildman–Crippen MR) is 94.9 cm³/mol. The van der Waals surface area contributed by atoms with Crippen LogP contribution in [0.1, 0.15) is 29.7 Å². The molecule has 2 heterocycles. The third-order valence-electron chi connectivity index (χ3n) is 4.82. The summed E-state index contributed by atoms with van der Waals surface area (Å²) in [7, 11) is 1.78. The zero-order chi connectivity index (χ0) is 19.4. The maximum absolute atomic E-state index is 12.9. The van der Waals surface area contributed by atoms with E-state index in [1.165, 1.54) is 0 Å². The number of hydrogen-bond acceptors (Lipinski definition) is 5. The fourth-order valence-electron chi connectivity index (χ4n) is 3.32. The van der Waals surface area contributed by atoms with Crippen LogP contribution < -0.4 is 4.90 Å². The Bertz CT molecular complexity index is 813. The van der Waals surface area contributed by atoms with Crippen LogP contribution in [-0.4, -0.2) is 41.0 Å². The van der Waals surface area contributed by atoms with Crippen molar-refractivity contribution in [2.45, 2.75) is 31.6 Å². The van der Waals surface area contributed by atoms with Crippen LogP contribution in [0.15, 0.2) is 36.7 Å². The van der Waals surface area contributed by atoms with Crippen molar-refractivity contribution in [2.75, 3.05) is 25.0 Å². The number of nitriles is 1. The van der Waals surface area contributed by atoms with E-state index < -0.39 is 11.9 Å². The molecule has 5 nitrogen and oxygen atoms in total. The number of hydrogen-bond donors (Lipinski definition) is 0. The highest BCUT2D eigenvalue weighted by Gasteiger charge is 2.33. The van der Waals surface area contributed by atoms with E-state index in [9.17, 15) is 13.2 Å². The van der Waals surface area contributed by atoms with E-state index >= 15 is 0 Å². The van der Waals surface area contributed by atoms with Crippen molar-refractivity contribution in [1.29, 1.82) is 5.26 Å². The van der Waals surface area contributed by atoms with E-state index in [-0.39, 0.29) is 11.9 Å². The molecular weight excluding hydrogens is 355 g/mol. The Morgan fingerprint density at radius 3 is 2.67 bits per heavy atom. The third-order valence-corrected chi connectivity index (χ3v) is 4.82. The summed E-state index contributed by atoms with van der Waals surface area (Å²) in [5.74, 6) is 0.280. The summed E-state index contributed by atoms with van der Waals surface area (Å²) in [6, 6.07) is 10.6. The number of likely N-dealkylation sites (tertiary alicyclic amines) is 1. The summed E-state index contributed by atoms with van der Waals surface area (Å²) in [4.78, 5) is 11.4. The fourth-order valence-corrected chi connectivity index (χ4v) is 3.32. The molecule has 0 saturated carbocycles. The van der Waals surface area contributed by atoms with Gasteiger partial charge in [0.15, 0.2) is 0 Å². The summed E-state index contributed by atoms with van der Waals surface area (Å²) in [6.45, 7) is 2.41. The number of halogens is 3. The molecule has 0 bridgehead atoms. The Morgan fingerprint density at radius 2 is 2.00 bits per heavy atom. The van der Waals surface area contributed by atoms with Gasteiger partial charge in [0.05, 0.1) is 11.6 Å². The second kappa shape index (κ2) is 7.92. The Morgan fingerprint density at radius 1 is 1.26 bits per heavy atom. The Hall–Kier alpha value is -2.66. The van der Waals surface area contributed by atoms with Crippen molar-refractivity contribution in [2.24, 2.45) is 0 Å². The maximum atomic E-state index is 12.9. The van der Waals surface area contributed by atoms with Gasteiger partial charge >= 0.3 is 6.18 Å². The number of rotatable bonds is 4. The molecule has 1 unspecified atom stereocenters. The monoisotopic (exact) mass is 375 g/mol. The largest absolute Gasteiger partial charge is 0.433 e. The van der Waals surface area contributed by atoms with Gasteiger partial charge in [0.1, 0.15) is 17.8 Å². The third kappa shape index (κ3) is 4.74. The zero-order valence-corrected chi connectivity index (χ0v) is 14.9. The standard InChI is InChI=1S/C19H20F3N5/c1-26(18-9-17(19(20,21)22)24-13-25-18)16-3-2-8-27(12-16)11-15-6-4-14(10-23)5-7-15/h4-7,9,13,16H,2-3,8,11-12H2,1H3. The van der Waals surface area contributed by atoms with E-state index in [2.05, 4.69) is 20.9 Å². The first kappa shape index (κ1) is 19.1. The van der Waals surface area contributed by atoms with Crippen molar-refractivity contribution in [3.8, 4) is 6.07 Å². The number of likely N-dealkylation sites (N-methyl/N-ethyl adjacent to an activating group) is 1. The lowest BCUT2D eigenvalue weighted by Gasteiger charge is -2.38. The topological polar surface area (TPSA) is 56.1 Å². The molecule has 1 aliphatic heterocycles. The van der Waals surface area contributed by atoms with E-state index in [1.54, 1.807) is 19.2 Å². The highest BCUT2D eigenvalue weighted by atomic mass is 19.4. The van der Waals surface area contributed by atoms with E-state index in [0.29, 0.717) is 5.56 Å². The van der Waals surface area contributed by atoms with Crippen molar-refractivity contribution in [3.05, 3.63) is 53.5 Å². The van der Waals surface area contributed by atoms with E-state index in [0.717, 1.165) is 50.4 Å². The van der Waals surface area contributed by atoms with Gasteiger partial charge in [-0.15, -0.1) is 0 Å². The van der Waals surface area contributed by atoms with E-state index in [4.69, 9.17) is 5.26 Å². The molecular formula is C19H20F3N5. The van der Waals surface area contributed by atoms with Crippen molar-refractivity contribution >= 4 is 5.82 Å². The molecule has 8 heteroatoms. The van der Waals surface area contributed by atoms with Crippen LogP contribution in [0, 0.1) is 11.3 Å². The van der Waals surface area contributed by atoms with Gasteiger partial charge in [0.2, 0.25) is 0 Å². The highest BCUT2D eigenvalue weighted by Crippen LogP contribution is 2.30. The van der Waals surface area contributed by atoms with Gasteiger partial charge in [0, 0.05) is 32.2 Å². The van der Waals surface area contributed by atoms with E-state index in [1.807, 2.05) is 17.0 Å². The molecule has 0 aliphatic carbocycles. The highest BCUT2D eigenvalue weighted by molar-refractivity contribution is 5.40. The van der Waals surface area contributed by atoms with Crippen LogP contribution >= 0.6 is 0 Å². The average molecular weight is 375 g/mol. The van der Waals surface area contributed by atoms with Crippen LogP contribution in [0.3, 0.4) is 0 Å². The molecule has 1 fully saturated rings. The summed E-state index contributed by atoms with van der Waals surface area (Å²) < 4.78 is 38.7. The van der Waals surface area contributed by atoms with Gasteiger partial charge in [-0.05, 0) is 37.1 Å². The molecule has 0 N–H and O–H groups in total.